The molecule has 2 heterocycles. The minimum absolute atomic E-state index is 0.0904. The molecular formula is C13H16F3N5. The second-order valence-electron chi connectivity index (χ2n) is 5.64. The summed E-state index contributed by atoms with van der Waals surface area (Å²) in [7, 11) is 0. The van der Waals surface area contributed by atoms with Crippen molar-refractivity contribution in [3.05, 3.63) is 36.0 Å². The number of nitrogens with zero attached hydrogens (tertiary/aromatic N) is 4. The van der Waals surface area contributed by atoms with Crippen molar-refractivity contribution in [1.82, 2.24) is 25.1 Å². The van der Waals surface area contributed by atoms with E-state index in [-0.39, 0.29) is 11.4 Å². The van der Waals surface area contributed by atoms with Crippen LogP contribution in [0.15, 0.2) is 24.8 Å². The molecule has 0 bridgehead atoms. The van der Waals surface area contributed by atoms with E-state index in [1.165, 1.54) is 6.20 Å². The van der Waals surface area contributed by atoms with Crippen LogP contribution in [0, 0.1) is 0 Å². The van der Waals surface area contributed by atoms with Crippen LogP contribution >= 0.6 is 0 Å². The lowest BCUT2D eigenvalue weighted by atomic mass is 10.1. The summed E-state index contributed by atoms with van der Waals surface area (Å²) in [5.41, 5.74) is -0.277. The summed E-state index contributed by atoms with van der Waals surface area (Å²) in [5.74, 6) is 0.249. The minimum atomic E-state index is -4.42. The molecule has 2 rings (SSSR count). The molecule has 0 spiro atoms. The van der Waals surface area contributed by atoms with Gasteiger partial charge in [0.2, 0.25) is 0 Å². The van der Waals surface area contributed by atoms with E-state index in [0.29, 0.717) is 12.2 Å². The summed E-state index contributed by atoms with van der Waals surface area (Å²) in [6, 6.07) is 0. The fourth-order valence-corrected chi connectivity index (χ4v) is 1.54. The maximum Gasteiger partial charge on any atom is 0.419 e. The predicted octanol–water partition coefficient (Wildman–Crippen LogP) is 2.57. The van der Waals surface area contributed by atoms with E-state index in [9.17, 15) is 13.2 Å². The van der Waals surface area contributed by atoms with Gasteiger partial charge in [-0.15, -0.1) is 0 Å². The van der Waals surface area contributed by atoms with Gasteiger partial charge in [-0.3, -0.25) is 4.98 Å². The standard InChI is InChI=1S/C13H16F3N5/c1-12(2,3)18-6-10-5-17-7-11(20-10)21-8-9(4-19-21)13(14,15)16/h4-5,7-8,18H,6H2,1-3H3. The Balaban J connectivity index is 2.19. The van der Waals surface area contributed by atoms with Crippen molar-refractivity contribution < 1.29 is 13.2 Å². The van der Waals surface area contributed by atoms with Gasteiger partial charge < -0.3 is 5.32 Å². The fourth-order valence-electron chi connectivity index (χ4n) is 1.54. The lowest BCUT2D eigenvalue weighted by Crippen LogP contribution is -2.35. The molecular weight excluding hydrogens is 283 g/mol. The first-order valence-electron chi connectivity index (χ1n) is 6.33. The summed E-state index contributed by atoms with van der Waals surface area (Å²) in [5, 5.41) is 6.91. The van der Waals surface area contributed by atoms with Crippen LogP contribution in [0.2, 0.25) is 0 Å². The molecule has 0 radical (unpaired) electrons. The van der Waals surface area contributed by atoms with Gasteiger partial charge in [0.1, 0.15) is 0 Å². The Morgan fingerprint density at radius 3 is 2.43 bits per heavy atom. The smallest absolute Gasteiger partial charge is 0.306 e. The molecule has 5 nitrogen and oxygen atoms in total. The molecule has 2 aromatic heterocycles. The summed E-state index contributed by atoms with van der Waals surface area (Å²) < 4.78 is 38.7. The molecule has 0 saturated heterocycles. The van der Waals surface area contributed by atoms with Crippen molar-refractivity contribution >= 4 is 0 Å². The Kier molecular flexibility index (Phi) is 3.99. The van der Waals surface area contributed by atoms with Crippen molar-refractivity contribution in [3.8, 4) is 5.82 Å². The fraction of sp³-hybridized carbons (Fsp3) is 0.462. The Morgan fingerprint density at radius 1 is 1.14 bits per heavy atom. The quantitative estimate of drug-likeness (QED) is 0.946. The van der Waals surface area contributed by atoms with Gasteiger partial charge in [-0.25, -0.2) is 9.67 Å². The van der Waals surface area contributed by atoms with Crippen LogP contribution in [-0.4, -0.2) is 25.3 Å². The first-order valence-corrected chi connectivity index (χ1v) is 6.33. The third-order valence-electron chi connectivity index (χ3n) is 2.62. The summed E-state index contributed by atoms with van der Waals surface area (Å²) in [6.07, 6.45) is 0.175. The zero-order valence-corrected chi connectivity index (χ0v) is 11.9. The Labute approximate surface area is 120 Å². The lowest BCUT2D eigenvalue weighted by Gasteiger charge is -2.20. The monoisotopic (exact) mass is 299 g/mol. The second kappa shape index (κ2) is 5.44. The Bertz CT molecular complexity index is 613. The van der Waals surface area contributed by atoms with Crippen molar-refractivity contribution in [2.75, 3.05) is 0 Å². The van der Waals surface area contributed by atoms with E-state index in [1.54, 1.807) is 6.20 Å². The van der Waals surface area contributed by atoms with Gasteiger partial charge in [0.05, 0.1) is 23.7 Å². The highest BCUT2D eigenvalue weighted by Crippen LogP contribution is 2.28. The van der Waals surface area contributed by atoms with E-state index in [1.807, 2.05) is 20.8 Å². The minimum Gasteiger partial charge on any atom is -0.306 e. The highest BCUT2D eigenvalue weighted by atomic mass is 19.4. The maximum absolute atomic E-state index is 12.5. The van der Waals surface area contributed by atoms with Gasteiger partial charge in [-0.05, 0) is 20.8 Å². The highest BCUT2D eigenvalue weighted by molar-refractivity contribution is 5.22. The molecule has 8 heteroatoms. The number of aromatic nitrogens is 4. The Morgan fingerprint density at radius 2 is 1.86 bits per heavy atom. The van der Waals surface area contributed by atoms with Gasteiger partial charge in [-0.2, -0.15) is 18.3 Å². The molecule has 21 heavy (non-hydrogen) atoms. The van der Waals surface area contributed by atoms with Crippen LogP contribution in [0.5, 0.6) is 0 Å². The summed E-state index contributed by atoms with van der Waals surface area (Å²) in [6.45, 7) is 6.49. The molecule has 0 saturated carbocycles. The predicted molar refractivity (Wildman–Crippen MR) is 70.7 cm³/mol. The molecule has 114 valence electrons. The number of rotatable bonds is 3. The van der Waals surface area contributed by atoms with E-state index in [0.717, 1.165) is 17.1 Å². The highest BCUT2D eigenvalue weighted by Gasteiger charge is 2.32. The van der Waals surface area contributed by atoms with Crippen molar-refractivity contribution in [1.29, 1.82) is 0 Å². The van der Waals surface area contributed by atoms with E-state index < -0.39 is 11.7 Å². The van der Waals surface area contributed by atoms with Crippen LogP contribution in [0.3, 0.4) is 0 Å². The van der Waals surface area contributed by atoms with Crippen molar-refractivity contribution in [2.45, 2.75) is 39.0 Å². The Hall–Kier alpha value is -1.96. The summed E-state index contributed by atoms with van der Waals surface area (Å²) in [4.78, 5) is 8.24. The molecule has 0 amide bonds. The second-order valence-corrected chi connectivity index (χ2v) is 5.64. The number of hydrogen-bond acceptors (Lipinski definition) is 4. The largest absolute Gasteiger partial charge is 0.419 e. The molecule has 1 N–H and O–H groups in total. The number of halogens is 3. The van der Waals surface area contributed by atoms with Gasteiger partial charge in [-0.1, -0.05) is 0 Å². The molecule has 0 aliphatic rings. The summed E-state index contributed by atoms with van der Waals surface area (Å²) >= 11 is 0. The molecule has 0 aromatic carbocycles. The van der Waals surface area contributed by atoms with E-state index >= 15 is 0 Å². The zero-order valence-electron chi connectivity index (χ0n) is 11.9. The lowest BCUT2D eigenvalue weighted by molar-refractivity contribution is -0.137. The molecule has 0 atom stereocenters. The van der Waals surface area contributed by atoms with Crippen LogP contribution in [0.1, 0.15) is 32.0 Å². The zero-order chi connectivity index (χ0) is 15.7. The van der Waals surface area contributed by atoms with Crippen LogP contribution in [-0.2, 0) is 12.7 Å². The molecule has 0 aliphatic carbocycles. The van der Waals surface area contributed by atoms with Crippen LogP contribution < -0.4 is 5.32 Å². The first-order chi connectivity index (χ1) is 9.65. The molecule has 2 aromatic rings. The normalized spacial score (nSPS) is 12.7. The third kappa shape index (κ3) is 4.25. The van der Waals surface area contributed by atoms with Crippen molar-refractivity contribution in [2.24, 2.45) is 0 Å². The van der Waals surface area contributed by atoms with Gasteiger partial charge in [0.15, 0.2) is 5.82 Å². The molecule has 0 aliphatic heterocycles. The maximum atomic E-state index is 12.5. The number of hydrogen-bond donors (Lipinski definition) is 1. The van der Waals surface area contributed by atoms with E-state index in [4.69, 9.17) is 0 Å². The number of alkyl halides is 3. The average molecular weight is 299 g/mol. The average Bonchev–Trinajstić information content (AvgIpc) is 2.85. The topological polar surface area (TPSA) is 55.6 Å². The first kappa shape index (κ1) is 15.4. The third-order valence-corrected chi connectivity index (χ3v) is 2.62. The molecule has 0 fully saturated rings. The van der Waals surface area contributed by atoms with E-state index in [2.05, 4.69) is 20.4 Å². The number of nitrogens with one attached hydrogen (secondary N) is 1. The SMILES string of the molecule is CC(C)(C)NCc1cncc(-n2cc(C(F)(F)F)cn2)n1. The van der Waals surface area contributed by atoms with Gasteiger partial charge in [0, 0.05) is 24.5 Å². The van der Waals surface area contributed by atoms with Gasteiger partial charge in [0.25, 0.3) is 0 Å². The van der Waals surface area contributed by atoms with Crippen LogP contribution in [0.4, 0.5) is 13.2 Å². The van der Waals surface area contributed by atoms with Crippen molar-refractivity contribution in [3.63, 3.8) is 0 Å². The van der Waals surface area contributed by atoms with Crippen LogP contribution in [0.25, 0.3) is 5.82 Å². The molecule has 0 unspecified atom stereocenters. The van der Waals surface area contributed by atoms with Gasteiger partial charge >= 0.3 is 6.18 Å².